The fourth-order valence-corrected chi connectivity index (χ4v) is 9.16. The molecule has 266 valence electrons. The van der Waals surface area contributed by atoms with Crippen molar-refractivity contribution in [3.63, 3.8) is 0 Å². The molecular weight excluding hydrogens is 679 g/mol. The number of hydrogen-bond acceptors (Lipinski definition) is 3. The van der Waals surface area contributed by atoms with Crippen LogP contribution in [0.4, 0.5) is 0 Å². The predicted molar refractivity (Wildman–Crippen MR) is 229 cm³/mol. The maximum absolute atomic E-state index is 9.83. The molecular formula is C53H39N3. The topological polar surface area (TPSA) is 49.6 Å². The van der Waals surface area contributed by atoms with E-state index in [9.17, 15) is 5.26 Å². The highest BCUT2D eigenvalue weighted by atomic mass is 14.9. The fraction of sp³-hybridized carbons (Fsp3) is 0.113. The van der Waals surface area contributed by atoms with Crippen LogP contribution in [0.5, 0.6) is 0 Å². The molecule has 1 aromatic heterocycles. The SMILES string of the molecule is N#Cc1ccc2c(c1)-c1c(-c3ccc(-c4ccc(-c5cc(-c6ccc(-c7ccccc7)cc6)nc(-c6ccccc6)n5)cc4)cc3)cccc1C21CCCCC1. The average Bonchev–Trinajstić information content (AvgIpc) is 3.55. The first-order valence-electron chi connectivity index (χ1n) is 19.7. The minimum atomic E-state index is 0.0495. The van der Waals surface area contributed by atoms with Gasteiger partial charge in [-0.1, -0.05) is 177 Å². The Labute approximate surface area is 328 Å². The second-order valence-corrected chi connectivity index (χ2v) is 15.2. The van der Waals surface area contributed by atoms with E-state index in [1.807, 2.05) is 30.3 Å². The van der Waals surface area contributed by atoms with E-state index in [1.165, 1.54) is 76.6 Å². The number of fused-ring (bicyclic) bond motifs is 5. The Morgan fingerprint density at radius 3 is 1.50 bits per heavy atom. The van der Waals surface area contributed by atoms with Gasteiger partial charge in [0, 0.05) is 22.1 Å². The van der Waals surface area contributed by atoms with Crippen molar-refractivity contribution in [2.45, 2.75) is 37.5 Å². The lowest BCUT2D eigenvalue weighted by Gasteiger charge is -2.36. The van der Waals surface area contributed by atoms with Gasteiger partial charge in [-0.15, -0.1) is 0 Å². The molecule has 0 N–H and O–H groups in total. The first-order valence-corrected chi connectivity index (χ1v) is 19.7. The van der Waals surface area contributed by atoms with Gasteiger partial charge < -0.3 is 0 Å². The van der Waals surface area contributed by atoms with Crippen LogP contribution in [0.2, 0.25) is 0 Å². The van der Waals surface area contributed by atoms with Crippen LogP contribution in [0.15, 0.2) is 176 Å². The van der Waals surface area contributed by atoms with Gasteiger partial charge in [-0.3, -0.25) is 0 Å². The van der Waals surface area contributed by atoms with Crippen molar-refractivity contribution in [2.24, 2.45) is 0 Å². The number of rotatable bonds is 6. The van der Waals surface area contributed by atoms with Gasteiger partial charge in [-0.25, -0.2) is 9.97 Å². The highest BCUT2D eigenvalue weighted by molar-refractivity contribution is 5.93. The van der Waals surface area contributed by atoms with Crippen LogP contribution < -0.4 is 0 Å². The average molecular weight is 718 g/mol. The van der Waals surface area contributed by atoms with E-state index >= 15 is 0 Å². The molecule has 2 aliphatic carbocycles. The fourth-order valence-electron chi connectivity index (χ4n) is 9.16. The summed E-state index contributed by atoms with van der Waals surface area (Å²) in [5.41, 5.74) is 18.1. The summed E-state index contributed by atoms with van der Waals surface area (Å²) in [5.74, 6) is 0.707. The van der Waals surface area contributed by atoms with Crippen LogP contribution in [0.25, 0.3) is 78.4 Å². The van der Waals surface area contributed by atoms with E-state index in [0.29, 0.717) is 5.82 Å². The lowest BCUT2D eigenvalue weighted by Crippen LogP contribution is -2.28. The Balaban J connectivity index is 0.972. The smallest absolute Gasteiger partial charge is 0.160 e. The van der Waals surface area contributed by atoms with Crippen LogP contribution in [-0.4, -0.2) is 9.97 Å². The number of benzene rings is 7. The van der Waals surface area contributed by atoms with Gasteiger partial charge in [0.25, 0.3) is 0 Å². The Kier molecular flexibility index (Phi) is 8.46. The van der Waals surface area contributed by atoms with Gasteiger partial charge in [-0.2, -0.15) is 5.26 Å². The number of aromatic nitrogens is 2. The minimum Gasteiger partial charge on any atom is -0.228 e. The Morgan fingerprint density at radius 2 is 0.929 bits per heavy atom. The Bertz CT molecular complexity index is 2740. The third kappa shape index (κ3) is 5.92. The van der Waals surface area contributed by atoms with Gasteiger partial charge >= 0.3 is 0 Å². The van der Waals surface area contributed by atoms with Gasteiger partial charge in [0.2, 0.25) is 0 Å². The third-order valence-corrected chi connectivity index (χ3v) is 12.0. The summed E-state index contributed by atoms with van der Waals surface area (Å²) in [4.78, 5) is 10.1. The summed E-state index contributed by atoms with van der Waals surface area (Å²) >= 11 is 0. The van der Waals surface area contributed by atoms with Crippen molar-refractivity contribution in [2.75, 3.05) is 0 Å². The van der Waals surface area contributed by atoms with E-state index < -0.39 is 0 Å². The number of hydrogen-bond donors (Lipinski definition) is 0. The lowest BCUT2D eigenvalue weighted by molar-refractivity contribution is 0.353. The quantitative estimate of drug-likeness (QED) is 0.172. The van der Waals surface area contributed by atoms with Crippen molar-refractivity contribution in [3.8, 4) is 84.5 Å². The normalized spacial score (nSPS) is 13.8. The molecule has 1 saturated carbocycles. The largest absolute Gasteiger partial charge is 0.228 e. The summed E-state index contributed by atoms with van der Waals surface area (Å²) in [6.45, 7) is 0. The van der Waals surface area contributed by atoms with E-state index in [4.69, 9.17) is 9.97 Å². The third-order valence-electron chi connectivity index (χ3n) is 12.0. The molecule has 1 fully saturated rings. The summed E-state index contributed by atoms with van der Waals surface area (Å²) < 4.78 is 0. The number of nitriles is 1. The summed E-state index contributed by atoms with van der Waals surface area (Å²) in [6, 6.07) is 64.7. The predicted octanol–water partition coefficient (Wildman–Crippen LogP) is 13.6. The monoisotopic (exact) mass is 717 g/mol. The molecule has 1 spiro atoms. The molecule has 0 atom stereocenters. The molecule has 0 radical (unpaired) electrons. The van der Waals surface area contributed by atoms with Gasteiger partial charge in [0.05, 0.1) is 23.0 Å². The summed E-state index contributed by atoms with van der Waals surface area (Å²) in [5, 5.41) is 9.83. The Morgan fingerprint density at radius 1 is 0.411 bits per heavy atom. The zero-order valence-corrected chi connectivity index (χ0v) is 31.1. The van der Waals surface area contributed by atoms with Crippen molar-refractivity contribution in [1.29, 1.82) is 5.26 Å². The lowest BCUT2D eigenvalue weighted by atomic mass is 9.67. The van der Waals surface area contributed by atoms with Gasteiger partial charge in [0.1, 0.15) is 0 Å². The molecule has 0 amide bonds. The van der Waals surface area contributed by atoms with E-state index in [1.54, 1.807) is 0 Å². The highest BCUT2D eigenvalue weighted by Gasteiger charge is 2.44. The highest BCUT2D eigenvalue weighted by Crippen LogP contribution is 2.58. The molecule has 0 unspecified atom stereocenters. The summed E-state index contributed by atoms with van der Waals surface area (Å²) in [7, 11) is 0. The first-order chi connectivity index (χ1) is 27.7. The van der Waals surface area contributed by atoms with Crippen molar-refractivity contribution < 1.29 is 0 Å². The summed E-state index contributed by atoms with van der Waals surface area (Å²) in [6.07, 6.45) is 6.12. The van der Waals surface area contributed by atoms with Gasteiger partial charge in [0.15, 0.2) is 5.82 Å². The zero-order chi connectivity index (χ0) is 37.5. The standard InChI is InChI=1S/C53H39N3/c54-35-36-17-30-47-46(33-36)51-45(15-10-16-48(51)53(47)31-8-3-9-32-53)41-24-18-39(19-25-41)40-22-28-43(29-23-40)50-34-49(55-52(56-50)44-13-6-2-7-14-44)42-26-20-38(21-27-42)37-11-4-1-5-12-37/h1-2,4-7,10-30,33-34H,3,8-9,31-32H2. The Hall–Kier alpha value is -6.89. The molecule has 0 saturated heterocycles. The van der Waals surface area contributed by atoms with Crippen molar-refractivity contribution in [3.05, 3.63) is 193 Å². The molecule has 3 heteroatoms. The molecule has 2 aliphatic rings. The molecule has 56 heavy (non-hydrogen) atoms. The molecule has 0 bridgehead atoms. The van der Waals surface area contributed by atoms with Crippen molar-refractivity contribution >= 4 is 0 Å². The molecule has 7 aromatic carbocycles. The van der Waals surface area contributed by atoms with E-state index in [-0.39, 0.29) is 5.41 Å². The molecule has 10 rings (SSSR count). The van der Waals surface area contributed by atoms with E-state index in [2.05, 4.69) is 152 Å². The molecule has 3 nitrogen and oxygen atoms in total. The van der Waals surface area contributed by atoms with Crippen LogP contribution in [0.3, 0.4) is 0 Å². The first kappa shape index (κ1) is 33.7. The maximum atomic E-state index is 9.83. The zero-order valence-electron chi connectivity index (χ0n) is 31.1. The maximum Gasteiger partial charge on any atom is 0.160 e. The molecule has 1 heterocycles. The van der Waals surface area contributed by atoms with Crippen molar-refractivity contribution in [1.82, 2.24) is 9.97 Å². The molecule has 0 aliphatic heterocycles. The molecule has 8 aromatic rings. The van der Waals surface area contributed by atoms with Crippen LogP contribution in [0.1, 0.15) is 48.8 Å². The van der Waals surface area contributed by atoms with Crippen LogP contribution >= 0.6 is 0 Å². The van der Waals surface area contributed by atoms with Crippen LogP contribution in [0, 0.1) is 11.3 Å². The van der Waals surface area contributed by atoms with E-state index in [0.717, 1.165) is 44.8 Å². The van der Waals surface area contributed by atoms with Gasteiger partial charge in [-0.05, 0) is 86.7 Å². The second kappa shape index (κ2) is 14.1. The minimum absolute atomic E-state index is 0.0495. The van der Waals surface area contributed by atoms with Crippen LogP contribution in [-0.2, 0) is 5.41 Å². The number of nitrogens with zero attached hydrogens (tertiary/aromatic N) is 3. The second-order valence-electron chi connectivity index (χ2n) is 15.2.